The molecule has 1 aromatic heterocycles. The van der Waals surface area contributed by atoms with Crippen LogP contribution in [0.5, 0.6) is 0 Å². The Kier molecular flexibility index (Phi) is 14.2. The lowest BCUT2D eigenvalue weighted by atomic mass is 9.85. The number of benzene rings is 3. The minimum atomic E-state index is -0.987. The van der Waals surface area contributed by atoms with Gasteiger partial charge in [0.25, 0.3) is 0 Å². The van der Waals surface area contributed by atoms with Crippen LogP contribution in [0.25, 0.3) is 21.6 Å². The Hall–Kier alpha value is -4.95. The predicted octanol–water partition coefficient (Wildman–Crippen LogP) is 4.64. The molecule has 4 aromatic rings. The molecular weight excluding hydrogens is 729 g/mol. The Morgan fingerprint density at radius 1 is 1.00 bits per heavy atom. The first-order valence-electron chi connectivity index (χ1n) is 19.0. The lowest BCUT2D eigenvalue weighted by Crippen LogP contribution is -2.58. The van der Waals surface area contributed by atoms with Crippen molar-refractivity contribution >= 4 is 35.0 Å². The molecule has 56 heavy (non-hydrogen) atoms. The number of nitrogens with zero attached hydrogens (tertiary/aromatic N) is 2. The number of nitrogens with two attached hydrogens (primary N) is 2. The normalized spacial score (nSPS) is 17.2. The minimum absolute atomic E-state index is 0.0252. The molecule has 2 heterocycles. The van der Waals surface area contributed by atoms with Crippen molar-refractivity contribution in [2.45, 2.75) is 104 Å². The van der Waals surface area contributed by atoms with E-state index in [1.165, 1.54) is 4.90 Å². The van der Waals surface area contributed by atoms with E-state index < -0.39 is 41.5 Å². The van der Waals surface area contributed by atoms with Gasteiger partial charge in [0.1, 0.15) is 12.1 Å². The average molecular weight is 783 g/mol. The number of thiazole rings is 1. The fourth-order valence-electron chi connectivity index (χ4n) is 6.80. The van der Waals surface area contributed by atoms with Crippen molar-refractivity contribution in [1.29, 1.82) is 0 Å². The molecule has 1 aliphatic rings. The number of amides is 4. The topological polar surface area (TPSA) is 190 Å². The molecule has 1 saturated heterocycles. The van der Waals surface area contributed by atoms with E-state index in [0.717, 1.165) is 38.4 Å². The third-order valence-corrected chi connectivity index (χ3v) is 11.2. The highest BCUT2D eigenvalue weighted by Gasteiger charge is 2.44. The first-order chi connectivity index (χ1) is 26.6. The number of hydrogen-bond donors (Lipinski definition) is 5. The molecule has 1 fully saturated rings. The first kappa shape index (κ1) is 42.2. The van der Waals surface area contributed by atoms with Gasteiger partial charge >= 0.3 is 0 Å². The maximum atomic E-state index is 14.3. The molecular formula is C43H54N6O6S. The van der Waals surface area contributed by atoms with E-state index >= 15 is 0 Å². The fraction of sp³-hybridized carbons (Fsp3) is 0.419. The number of rotatable bonds is 16. The molecule has 0 unspecified atom stereocenters. The summed E-state index contributed by atoms with van der Waals surface area (Å²) in [5.41, 5.74) is 18.9. The van der Waals surface area contributed by atoms with Crippen LogP contribution in [0, 0.1) is 12.3 Å². The number of aryl methyl sites for hydroxylation is 1. The smallest absolute Gasteiger partial charge is 0.246 e. The number of nitrogens with one attached hydrogen (secondary N) is 2. The summed E-state index contributed by atoms with van der Waals surface area (Å²) < 4.78 is 6.11. The summed E-state index contributed by atoms with van der Waals surface area (Å²) in [5, 5.41) is 16.6. The second-order valence-corrected chi connectivity index (χ2v) is 16.5. The van der Waals surface area contributed by atoms with E-state index in [1.807, 2.05) is 113 Å². The largest absolute Gasteiger partial charge is 0.391 e. The number of likely N-dealkylation sites (tertiary alicyclic amines) is 1. The lowest BCUT2D eigenvalue weighted by molar-refractivity contribution is -0.144. The molecule has 0 radical (unpaired) electrons. The van der Waals surface area contributed by atoms with Crippen molar-refractivity contribution in [3.8, 4) is 21.6 Å². The Labute approximate surface area is 333 Å². The van der Waals surface area contributed by atoms with Gasteiger partial charge in [0.2, 0.25) is 23.6 Å². The highest BCUT2D eigenvalue weighted by atomic mass is 32.1. The third-order valence-electron chi connectivity index (χ3n) is 10.2. The molecule has 0 bridgehead atoms. The summed E-state index contributed by atoms with van der Waals surface area (Å²) >= 11 is 1.57. The van der Waals surface area contributed by atoms with Gasteiger partial charge in [-0.1, -0.05) is 93.6 Å². The van der Waals surface area contributed by atoms with Crippen molar-refractivity contribution in [2.75, 3.05) is 6.54 Å². The molecule has 5 rings (SSSR count). The van der Waals surface area contributed by atoms with E-state index in [-0.39, 0.29) is 56.9 Å². The summed E-state index contributed by atoms with van der Waals surface area (Å²) in [6.45, 7) is 9.76. The second-order valence-electron chi connectivity index (χ2n) is 15.7. The van der Waals surface area contributed by atoms with Crippen molar-refractivity contribution in [3.05, 3.63) is 101 Å². The number of carbonyl (C=O) groups is 4. The first-order valence-corrected chi connectivity index (χ1v) is 19.9. The summed E-state index contributed by atoms with van der Waals surface area (Å²) in [6, 6.07) is 21.2. The van der Waals surface area contributed by atoms with Crippen molar-refractivity contribution < 1.29 is 29.0 Å². The second kappa shape index (κ2) is 18.8. The average Bonchev–Trinajstić information content (AvgIpc) is 3.79. The number of carbonyl (C=O) groups excluding carboxylic acids is 4. The quantitative estimate of drug-likeness (QED) is 0.109. The van der Waals surface area contributed by atoms with Crippen molar-refractivity contribution in [2.24, 2.45) is 16.9 Å². The molecule has 4 amide bonds. The maximum Gasteiger partial charge on any atom is 0.246 e. The zero-order valence-electron chi connectivity index (χ0n) is 32.8. The minimum Gasteiger partial charge on any atom is -0.391 e. The van der Waals surface area contributed by atoms with Crippen molar-refractivity contribution in [3.63, 3.8) is 0 Å². The number of hydrogen-bond acceptors (Lipinski definition) is 9. The molecule has 7 N–H and O–H groups in total. The van der Waals surface area contributed by atoms with Gasteiger partial charge in [-0.3, -0.25) is 19.2 Å². The SMILES string of the molecule is Cc1ncsc1-c1ccc(CNC(=O)[C@@H]2C[C@@H](O)CN2C(=O)[C@@H](NC(=O)Cc2cc(-c3ccccc3)ccc2CO[C@H](C)[C@@H](N)CCC(N)=O)C(C)(C)C)cc1. The van der Waals surface area contributed by atoms with Gasteiger partial charge in [0.05, 0.1) is 41.3 Å². The lowest BCUT2D eigenvalue weighted by Gasteiger charge is -2.35. The summed E-state index contributed by atoms with van der Waals surface area (Å²) in [6.07, 6.45) is -0.679. The van der Waals surface area contributed by atoms with Crippen LogP contribution in [0.15, 0.2) is 78.3 Å². The Bertz CT molecular complexity index is 1980. The summed E-state index contributed by atoms with van der Waals surface area (Å²) in [4.78, 5) is 59.9. The zero-order valence-corrected chi connectivity index (χ0v) is 33.6. The zero-order chi connectivity index (χ0) is 40.6. The van der Waals surface area contributed by atoms with Crippen LogP contribution in [0.2, 0.25) is 0 Å². The van der Waals surface area contributed by atoms with Crippen molar-refractivity contribution in [1.82, 2.24) is 20.5 Å². The summed E-state index contributed by atoms with van der Waals surface area (Å²) in [5.74, 6) is -1.62. The molecule has 1 aliphatic heterocycles. The Morgan fingerprint density at radius 3 is 2.34 bits per heavy atom. The van der Waals surface area contributed by atoms with E-state index in [2.05, 4.69) is 15.6 Å². The van der Waals surface area contributed by atoms with Gasteiger partial charge in [0, 0.05) is 32.0 Å². The Balaban J connectivity index is 1.28. The van der Waals surface area contributed by atoms with Gasteiger partial charge in [-0.05, 0) is 59.1 Å². The van der Waals surface area contributed by atoms with Crippen LogP contribution in [-0.4, -0.2) is 75.5 Å². The highest BCUT2D eigenvalue weighted by molar-refractivity contribution is 7.13. The van der Waals surface area contributed by atoms with E-state index in [1.54, 1.807) is 11.3 Å². The van der Waals surface area contributed by atoms with Crippen LogP contribution < -0.4 is 22.1 Å². The molecule has 0 aliphatic carbocycles. The molecule has 3 aromatic carbocycles. The molecule has 12 nitrogen and oxygen atoms in total. The van der Waals surface area contributed by atoms with Gasteiger partial charge in [-0.2, -0.15) is 0 Å². The van der Waals surface area contributed by atoms with Crippen LogP contribution in [0.3, 0.4) is 0 Å². The number of β-amino-alcohol motifs (C(OH)–C–C–N with tert-alkyl or cyclic N) is 1. The van der Waals surface area contributed by atoms with Crippen LogP contribution in [0.1, 0.15) is 69.3 Å². The molecule has 298 valence electrons. The molecule has 0 spiro atoms. The van der Waals surface area contributed by atoms with E-state index in [0.29, 0.717) is 12.0 Å². The van der Waals surface area contributed by atoms with Gasteiger partial charge in [0.15, 0.2) is 0 Å². The van der Waals surface area contributed by atoms with Crippen LogP contribution >= 0.6 is 11.3 Å². The molecule has 5 atom stereocenters. The summed E-state index contributed by atoms with van der Waals surface area (Å²) in [7, 11) is 0. The standard InChI is InChI=1S/C43H54N6O6S/c1-26-39(56-25-47-26)30-13-11-28(12-14-30)22-46-41(53)36-21-34(50)23-49(36)42(54)40(43(3,4)5)48-38(52)20-33-19-31(29-9-7-6-8-10-29)15-16-32(33)24-55-27(2)35(44)17-18-37(45)51/h6-16,19,25,27,34-36,40,50H,17-18,20-24,44H2,1-5H3,(H2,45,51)(H,46,53)(H,48,52)/t27-,34-,35+,36+,40-/m1/s1. The number of aliphatic hydroxyl groups excluding tert-OH is 1. The van der Waals surface area contributed by atoms with E-state index in [9.17, 15) is 24.3 Å². The number of primary amides is 1. The molecule has 13 heteroatoms. The number of ether oxygens (including phenoxy) is 1. The third kappa shape index (κ3) is 11.1. The predicted molar refractivity (Wildman–Crippen MR) is 218 cm³/mol. The van der Waals surface area contributed by atoms with Gasteiger partial charge in [-0.15, -0.1) is 11.3 Å². The van der Waals surface area contributed by atoms with Gasteiger partial charge in [-0.25, -0.2) is 4.98 Å². The van der Waals surface area contributed by atoms with E-state index in [4.69, 9.17) is 16.2 Å². The van der Waals surface area contributed by atoms with Crippen LogP contribution in [0.4, 0.5) is 0 Å². The maximum absolute atomic E-state index is 14.3. The van der Waals surface area contributed by atoms with Crippen LogP contribution in [-0.2, 0) is 43.5 Å². The number of aliphatic hydroxyl groups is 1. The Morgan fingerprint density at radius 2 is 1.70 bits per heavy atom. The monoisotopic (exact) mass is 782 g/mol. The number of aromatic nitrogens is 1. The highest BCUT2D eigenvalue weighted by Crippen LogP contribution is 2.29. The van der Waals surface area contributed by atoms with Gasteiger partial charge < -0.3 is 36.8 Å². The molecule has 0 saturated carbocycles. The fourth-order valence-corrected chi connectivity index (χ4v) is 7.61.